The summed E-state index contributed by atoms with van der Waals surface area (Å²) in [5, 5.41) is 15.4. The molecule has 12 nitrogen and oxygen atoms in total. The maximum absolute atomic E-state index is 12.8. The number of carbonyl (C=O) groups is 1. The maximum Gasteiger partial charge on any atom is 0.350 e. The van der Waals surface area contributed by atoms with Crippen LogP contribution < -0.4 is 21.5 Å². The van der Waals surface area contributed by atoms with Gasteiger partial charge >= 0.3 is 11.7 Å². The lowest BCUT2D eigenvalue weighted by Crippen LogP contribution is -2.18. The molecule has 4 aromatic rings. The fourth-order valence-electron chi connectivity index (χ4n) is 3.53. The van der Waals surface area contributed by atoms with Crippen LogP contribution in [0.15, 0.2) is 65.7 Å². The van der Waals surface area contributed by atoms with E-state index in [0.717, 1.165) is 4.68 Å². The molecule has 12 heteroatoms. The number of nitrogens with two attached hydrogens (primary N) is 1. The average Bonchev–Trinajstić information content (AvgIpc) is 3.31. The summed E-state index contributed by atoms with van der Waals surface area (Å²) in [6, 6.07) is 13.0. The van der Waals surface area contributed by atoms with Gasteiger partial charge in [-0.05, 0) is 54.1 Å². The number of hydrogen-bond donors (Lipinski definition) is 4. The highest BCUT2D eigenvalue weighted by Crippen LogP contribution is 2.29. The molecule has 0 aliphatic rings. The number of benzene rings is 2. The van der Waals surface area contributed by atoms with E-state index in [1.807, 2.05) is 0 Å². The Kier molecular flexibility index (Phi) is 7.78. The minimum absolute atomic E-state index is 0.0590. The van der Waals surface area contributed by atoms with Gasteiger partial charge in [0, 0.05) is 36.1 Å². The van der Waals surface area contributed by atoms with Crippen LogP contribution in [0.3, 0.4) is 0 Å². The quantitative estimate of drug-likeness (QED) is 0.0811. The summed E-state index contributed by atoms with van der Waals surface area (Å²) in [4.78, 5) is 34.8. The largest absolute Gasteiger partial charge is 0.490 e. The number of nitrogens with zero attached hydrogens (tertiary/aromatic N) is 4. The molecule has 0 bridgehead atoms. The molecule has 0 unspecified atom stereocenters. The van der Waals surface area contributed by atoms with Crippen molar-refractivity contribution in [1.82, 2.24) is 24.7 Å². The number of aromatic nitrogens is 5. The van der Waals surface area contributed by atoms with Crippen LogP contribution in [0, 0.1) is 17.8 Å². The minimum atomic E-state index is -0.694. The number of ether oxygens (including phenoxy) is 2. The third kappa shape index (κ3) is 6.21. The van der Waals surface area contributed by atoms with Gasteiger partial charge in [0.2, 0.25) is 0 Å². The SMILES string of the molecule is C#Cc1cc(OCCOC(C)=O)cc([C@H](Nc2ccc(C(=N)N)cc2)c2nn(-c3ncccn3)c(=O)[nH]2)c1. The summed E-state index contributed by atoms with van der Waals surface area (Å²) in [6.07, 6.45) is 8.71. The van der Waals surface area contributed by atoms with Gasteiger partial charge in [-0.15, -0.1) is 16.2 Å². The monoisotopic (exact) mass is 512 g/mol. The van der Waals surface area contributed by atoms with E-state index < -0.39 is 17.7 Å². The lowest BCUT2D eigenvalue weighted by Gasteiger charge is -2.20. The fraction of sp³-hybridized carbons (Fsp3) is 0.154. The number of aromatic amines is 1. The number of nitrogen functional groups attached to an aromatic ring is 1. The normalized spacial score (nSPS) is 11.3. The van der Waals surface area contributed by atoms with Crippen molar-refractivity contribution in [2.75, 3.05) is 18.5 Å². The number of rotatable bonds is 10. The highest BCUT2D eigenvalue weighted by Gasteiger charge is 2.22. The Balaban J connectivity index is 1.74. The van der Waals surface area contributed by atoms with Crippen LogP contribution in [0.1, 0.15) is 35.5 Å². The van der Waals surface area contributed by atoms with Crippen molar-refractivity contribution in [2.45, 2.75) is 13.0 Å². The molecule has 0 radical (unpaired) electrons. The van der Waals surface area contributed by atoms with E-state index in [9.17, 15) is 9.59 Å². The molecule has 2 aromatic heterocycles. The van der Waals surface area contributed by atoms with E-state index in [4.69, 9.17) is 27.0 Å². The molecule has 1 atom stereocenters. The number of H-pyrrole nitrogens is 1. The van der Waals surface area contributed by atoms with Gasteiger partial charge in [0.1, 0.15) is 30.8 Å². The van der Waals surface area contributed by atoms with Crippen LogP contribution in [0.5, 0.6) is 5.75 Å². The van der Waals surface area contributed by atoms with Crippen molar-refractivity contribution in [3.05, 3.63) is 93.9 Å². The summed E-state index contributed by atoms with van der Waals surface area (Å²) in [7, 11) is 0. The molecule has 5 N–H and O–H groups in total. The van der Waals surface area contributed by atoms with Gasteiger partial charge in [-0.1, -0.05) is 5.92 Å². The summed E-state index contributed by atoms with van der Waals surface area (Å²) in [5.41, 5.74) is 7.42. The molecule has 0 aliphatic carbocycles. The van der Waals surface area contributed by atoms with Crippen LogP contribution in [0.4, 0.5) is 5.69 Å². The predicted molar refractivity (Wildman–Crippen MR) is 139 cm³/mol. The number of amidine groups is 1. The van der Waals surface area contributed by atoms with E-state index in [-0.39, 0.29) is 30.8 Å². The third-order valence-electron chi connectivity index (χ3n) is 5.24. The van der Waals surface area contributed by atoms with Crippen molar-refractivity contribution in [3.8, 4) is 24.0 Å². The van der Waals surface area contributed by atoms with Crippen molar-refractivity contribution in [2.24, 2.45) is 5.73 Å². The molecule has 0 spiro atoms. The standard InChI is InChI=1S/C26H24N8O4/c1-3-17-13-19(15-21(14-17)38-12-11-37-16(2)35)22(31-20-7-5-18(6-8-20)23(27)28)24-32-26(36)34(33-24)25-29-9-4-10-30-25/h1,4-10,13-15,22,31H,11-12H2,2H3,(H3,27,28)(H,32,33,36)/t22-/m0/s1. The Hall–Kier alpha value is -5.44. The molecule has 192 valence electrons. The van der Waals surface area contributed by atoms with Gasteiger partial charge in [-0.3, -0.25) is 15.2 Å². The molecular weight excluding hydrogens is 488 g/mol. The van der Waals surface area contributed by atoms with Crippen molar-refractivity contribution >= 4 is 17.5 Å². The highest BCUT2D eigenvalue weighted by molar-refractivity contribution is 5.95. The van der Waals surface area contributed by atoms with E-state index in [1.54, 1.807) is 48.5 Å². The molecular formula is C26H24N8O4. The second-order valence-electron chi connectivity index (χ2n) is 7.97. The van der Waals surface area contributed by atoms with Crippen LogP contribution in [0.2, 0.25) is 0 Å². The van der Waals surface area contributed by atoms with Gasteiger partial charge in [0.05, 0.1) is 0 Å². The van der Waals surface area contributed by atoms with Crippen LogP contribution in [-0.2, 0) is 9.53 Å². The van der Waals surface area contributed by atoms with E-state index in [1.165, 1.54) is 19.3 Å². The number of hydrogen-bond acceptors (Lipinski definition) is 9. The first kappa shape index (κ1) is 25.6. The molecule has 0 fully saturated rings. The highest BCUT2D eigenvalue weighted by atomic mass is 16.6. The summed E-state index contributed by atoms with van der Waals surface area (Å²) >= 11 is 0. The first-order valence-corrected chi connectivity index (χ1v) is 11.4. The van der Waals surface area contributed by atoms with Gasteiger partial charge in [-0.2, -0.15) is 0 Å². The molecule has 2 heterocycles. The number of anilines is 1. The predicted octanol–water partition coefficient (Wildman–Crippen LogP) is 1.76. The zero-order valence-electron chi connectivity index (χ0n) is 20.3. The van der Waals surface area contributed by atoms with Gasteiger partial charge in [-0.25, -0.2) is 14.8 Å². The number of esters is 1. The molecule has 38 heavy (non-hydrogen) atoms. The topological polar surface area (TPSA) is 174 Å². The molecule has 0 amide bonds. The number of nitrogens with one attached hydrogen (secondary N) is 3. The first-order chi connectivity index (χ1) is 18.3. The maximum atomic E-state index is 12.8. The zero-order valence-corrected chi connectivity index (χ0v) is 20.3. The van der Waals surface area contributed by atoms with Crippen LogP contribution >= 0.6 is 0 Å². The smallest absolute Gasteiger partial charge is 0.350 e. The second kappa shape index (κ2) is 11.5. The first-order valence-electron chi connectivity index (χ1n) is 11.4. The van der Waals surface area contributed by atoms with Gasteiger partial charge in [0.25, 0.3) is 5.95 Å². The molecule has 0 saturated carbocycles. The van der Waals surface area contributed by atoms with Gasteiger partial charge < -0.3 is 20.5 Å². The Morgan fingerprint density at radius 1 is 1.21 bits per heavy atom. The van der Waals surface area contributed by atoms with Crippen molar-refractivity contribution < 1.29 is 14.3 Å². The van der Waals surface area contributed by atoms with E-state index in [2.05, 4.69) is 31.3 Å². The van der Waals surface area contributed by atoms with Gasteiger partial charge in [0.15, 0.2) is 5.82 Å². The Morgan fingerprint density at radius 2 is 1.95 bits per heavy atom. The Labute approximate surface area is 217 Å². The fourth-order valence-corrected chi connectivity index (χ4v) is 3.53. The summed E-state index contributed by atoms with van der Waals surface area (Å²) in [6.45, 7) is 1.51. The summed E-state index contributed by atoms with van der Waals surface area (Å²) in [5.74, 6) is 2.94. The lowest BCUT2D eigenvalue weighted by atomic mass is 10.0. The summed E-state index contributed by atoms with van der Waals surface area (Å²) < 4.78 is 11.7. The molecule has 4 rings (SSSR count). The Morgan fingerprint density at radius 3 is 2.61 bits per heavy atom. The van der Waals surface area contributed by atoms with Crippen LogP contribution in [0.25, 0.3) is 5.95 Å². The van der Waals surface area contributed by atoms with E-state index in [0.29, 0.717) is 28.1 Å². The van der Waals surface area contributed by atoms with E-state index >= 15 is 0 Å². The lowest BCUT2D eigenvalue weighted by molar-refractivity contribution is -0.141. The van der Waals surface area contributed by atoms with Crippen molar-refractivity contribution in [3.63, 3.8) is 0 Å². The molecule has 0 saturated heterocycles. The molecule has 2 aromatic carbocycles. The molecule has 0 aliphatic heterocycles. The van der Waals surface area contributed by atoms with Crippen molar-refractivity contribution in [1.29, 1.82) is 5.41 Å². The zero-order chi connectivity index (χ0) is 27.1. The average molecular weight is 513 g/mol. The minimum Gasteiger partial charge on any atom is -0.490 e. The Bertz CT molecular complexity index is 1540. The number of carbonyl (C=O) groups excluding carboxylic acids is 1. The number of terminal acetylenes is 1. The third-order valence-corrected chi connectivity index (χ3v) is 5.24. The van der Waals surface area contributed by atoms with Crippen LogP contribution in [-0.4, -0.2) is 49.8 Å². The second-order valence-corrected chi connectivity index (χ2v) is 7.97.